The lowest BCUT2D eigenvalue weighted by Gasteiger charge is -2.70. The lowest BCUT2D eigenvalue weighted by molar-refractivity contribution is -0.356. The molecule has 4 aliphatic heterocycles. The molecule has 12 N–H and O–H groups in total. The second-order valence-corrected chi connectivity index (χ2v) is 25.2. The number of ether oxygens (including phenoxy) is 8. The molecule has 0 aromatic heterocycles. The molecule has 422 valence electrons. The van der Waals surface area contributed by atoms with E-state index in [2.05, 4.69) is 47.6 Å². The summed E-state index contributed by atoms with van der Waals surface area (Å²) in [5.74, 6) is -0.989. The maximum Gasteiger partial charge on any atom is 0.315 e. The monoisotopic (exact) mass is 1060 g/mol. The molecule has 0 aromatic carbocycles. The summed E-state index contributed by atoms with van der Waals surface area (Å²) in [6.45, 7) is 11.3. The molecule has 9 aliphatic rings. The zero-order valence-corrected chi connectivity index (χ0v) is 43.2. The van der Waals surface area contributed by atoms with E-state index >= 15 is 4.79 Å². The van der Waals surface area contributed by atoms with Gasteiger partial charge >= 0.3 is 5.97 Å². The van der Waals surface area contributed by atoms with Gasteiger partial charge in [-0.2, -0.15) is 0 Å². The summed E-state index contributed by atoms with van der Waals surface area (Å²) in [5, 5.41) is 127. The van der Waals surface area contributed by atoms with Crippen molar-refractivity contribution in [3.05, 3.63) is 11.6 Å². The number of esters is 1. The quantitative estimate of drug-likeness (QED) is 0.0481. The Morgan fingerprint density at radius 2 is 1.26 bits per heavy atom. The third kappa shape index (κ3) is 9.17. The predicted octanol–water partition coefficient (Wildman–Crippen LogP) is -1.58. The van der Waals surface area contributed by atoms with E-state index in [-0.39, 0.29) is 42.3 Å². The highest BCUT2D eigenvalue weighted by Crippen LogP contribution is 2.75. The minimum atomic E-state index is -1.88. The van der Waals surface area contributed by atoms with Gasteiger partial charge in [0, 0.05) is 0 Å². The number of hydrogen-bond acceptors (Lipinski definition) is 22. The van der Waals surface area contributed by atoms with Crippen molar-refractivity contribution in [2.75, 3.05) is 26.4 Å². The highest BCUT2D eigenvalue weighted by Gasteiger charge is 2.71. The molecule has 26 unspecified atom stereocenters. The molecule has 22 nitrogen and oxygen atoms in total. The van der Waals surface area contributed by atoms with Crippen LogP contribution < -0.4 is 0 Å². The molecular weight excluding hydrogens is 977 g/mol. The molecule has 0 amide bonds. The first kappa shape index (κ1) is 56.8. The number of allylic oxidation sites excluding steroid dienone is 2. The second-order valence-electron chi connectivity index (χ2n) is 25.2. The molecule has 26 atom stereocenters. The van der Waals surface area contributed by atoms with Crippen LogP contribution in [0, 0.1) is 50.2 Å². The predicted molar refractivity (Wildman–Crippen MR) is 251 cm³/mol. The molecule has 0 aromatic rings. The number of aldehydes is 1. The zero-order valence-electron chi connectivity index (χ0n) is 43.2. The van der Waals surface area contributed by atoms with Crippen LogP contribution >= 0.6 is 0 Å². The average Bonchev–Trinajstić information content (AvgIpc) is 3.35. The number of fused-ring (bicyclic) bond motifs is 7. The molecule has 9 rings (SSSR count). The summed E-state index contributed by atoms with van der Waals surface area (Å²) < 4.78 is 47.2. The first-order valence-electron chi connectivity index (χ1n) is 26.7. The molecule has 4 saturated heterocycles. The zero-order chi connectivity index (χ0) is 53.8. The molecule has 4 saturated carbocycles. The van der Waals surface area contributed by atoms with E-state index in [1.54, 1.807) is 0 Å². The Kier molecular flexibility index (Phi) is 15.9. The Hall–Kier alpha value is -1.88. The van der Waals surface area contributed by atoms with Crippen LogP contribution in [0.15, 0.2) is 11.6 Å². The SMILES string of the molecule is CC1(C)CCC2(C(=O)OC3OC(COC4OC(CO)C(O)C(O)C4O)C(O)C(O)C3O)CCC3(C=O)C(=CCC4C5(C)CCC(OC6OCC(O)C(O)C6OC6OCC(O)C(O)C6O)C(C)(C)C5CCC43C)C2C1. The van der Waals surface area contributed by atoms with E-state index in [4.69, 9.17) is 37.9 Å². The van der Waals surface area contributed by atoms with Gasteiger partial charge in [-0.05, 0) is 104 Å². The lowest BCUT2D eigenvalue weighted by Crippen LogP contribution is -2.67. The number of hydrogen-bond donors (Lipinski definition) is 12. The van der Waals surface area contributed by atoms with E-state index in [9.17, 15) is 66.1 Å². The van der Waals surface area contributed by atoms with Crippen molar-refractivity contribution in [1.82, 2.24) is 0 Å². The fraction of sp³-hybridized carbons (Fsp3) is 0.923. The van der Waals surface area contributed by atoms with Gasteiger partial charge in [-0.25, -0.2) is 0 Å². The van der Waals surface area contributed by atoms with Crippen molar-refractivity contribution in [3.63, 3.8) is 0 Å². The number of aliphatic hydroxyl groups is 12. The number of carbonyl (C=O) groups is 2. The van der Waals surface area contributed by atoms with E-state index in [0.717, 1.165) is 18.3 Å². The standard InChI is InChI=1S/C52H82O22/c1-47(2)13-14-51(46(66)74-44-40(65)37(62)35(60)28(71-44)21-69-42-39(64)36(61)34(59)27(18-53)70-42)15-16-52(22-54)23(24(51)17-47)7-8-30-49(5)11-10-31(48(3,4)29(49)9-12-50(30,52)6)72-45-41(33(58)26(56)20-68-45)73-43-38(63)32(57)25(55)19-67-43/h7,22,24-45,53,55-65H,8-21H2,1-6H3. The Morgan fingerprint density at radius 1 is 0.649 bits per heavy atom. The Balaban J connectivity index is 0.935. The molecular formula is C52H82O22. The third-order valence-corrected chi connectivity index (χ3v) is 20.4. The summed E-state index contributed by atoms with van der Waals surface area (Å²) >= 11 is 0. The number of rotatable bonds is 11. The van der Waals surface area contributed by atoms with Crippen LogP contribution in [0.2, 0.25) is 0 Å². The highest BCUT2D eigenvalue weighted by molar-refractivity contribution is 5.81. The summed E-state index contributed by atoms with van der Waals surface area (Å²) in [6.07, 6.45) is -19.5. The second kappa shape index (κ2) is 20.7. The average molecular weight is 1060 g/mol. The van der Waals surface area contributed by atoms with Crippen molar-refractivity contribution in [1.29, 1.82) is 0 Å². The van der Waals surface area contributed by atoms with Crippen molar-refractivity contribution in [2.24, 2.45) is 50.2 Å². The summed E-state index contributed by atoms with van der Waals surface area (Å²) in [5.41, 5.74) is -2.73. The topological polar surface area (TPSA) is 351 Å². The molecule has 8 fully saturated rings. The van der Waals surface area contributed by atoms with Crippen LogP contribution in [0.5, 0.6) is 0 Å². The molecule has 5 aliphatic carbocycles. The van der Waals surface area contributed by atoms with Crippen LogP contribution in [0.25, 0.3) is 0 Å². The lowest BCUT2D eigenvalue weighted by atomic mass is 9.33. The van der Waals surface area contributed by atoms with E-state index in [0.29, 0.717) is 51.4 Å². The Labute approximate surface area is 430 Å². The largest absolute Gasteiger partial charge is 0.432 e. The van der Waals surface area contributed by atoms with Gasteiger partial charge in [0.1, 0.15) is 91.7 Å². The maximum atomic E-state index is 15.0. The Bertz CT molecular complexity index is 2060. The van der Waals surface area contributed by atoms with Gasteiger partial charge in [-0.15, -0.1) is 0 Å². The van der Waals surface area contributed by atoms with Crippen molar-refractivity contribution in [2.45, 2.75) is 222 Å². The van der Waals surface area contributed by atoms with Gasteiger partial charge in [0.2, 0.25) is 6.29 Å². The van der Waals surface area contributed by atoms with Crippen LogP contribution in [0.1, 0.15) is 106 Å². The van der Waals surface area contributed by atoms with Gasteiger partial charge in [-0.1, -0.05) is 53.2 Å². The van der Waals surface area contributed by atoms with E-state index in [1.807, 2.05) is 0 Å². The van der Waals surface area contributed by atoms with Crippen molar-refractivity contribution < 1.29 is 109 Å². The molecule has 4 heterocycles. The smallest absolute Gasteiger partial charge is 0.315 e. The molecule has 74 heavy (non-hydrogen) atoms. The fourth-order valence-electron chi connectivity index (χ4n) is 15.8. The van der Waals surface area contributed by atoms with Gasteiger partial charge in [0.25, 0.3) is 0 Å². The third-order valence-electron chi connectivity index (χ3n) is 20.4. The van der Waals surface area contributed by atoms with E-state index < -0.39 is 163 Å². The Morgan fingerprint density at radius 3 is 1.93 bits per heavy atom. The number of aliphatic hydroxyl groups excluding tert-OH is 12. The summed E-state index contributed by atoms with van der Waals surface area (Å²) in [6, 6.07) is 0. The molecule has 22 heteroatoms. The minimum Gasteiger partial charge on any atom is -0.432 e. The molecule has 0 radical (unpaired) electrons. The fourth-order valence-corrected chi connectivity index (χ4v) is 15.8. The minimum absolute atomic E-state index is 0.0329. The first-order valence-corrected chi connectivity index (χ1v) is 26.7. The van der Waals surface area contributed by atoms with Gasteiger partial charge in [0.15, 0.2) is 18.9 Å². The van der Waals surface area contributed by atoms with Crippen LogP contribution in [-0.4, -0.2) is 217 Å². The van der Waals surface area contributed by atoms with Crippen molar-refractivity contribution >= 4 is 12.3 Å². The summed E-state index contributed by atoms with van der Waals surface area (Å²) in [4.78, 5) is 29.3. The van der Waals surface area contributed by atoms with E-state index in [1.165, 1.54) is 0 Å². The van der Waals surface area contributed by atoms with Crippen LogP contribution in [0.3, 0.4) is 0 Å². The molecule has 0 bridgehead atoms. The normalized spacial score (nSPS) is 53.0. The van der Waals surface area contributed by atoms with Gasteiger partial charge < -0.3 is 104 Å². The molecule has 0 spiro atoms. The number of carbonyl (C=O) groups excluding carboxylic acids is 2. The highest BCUT2D eigenvalue weighted by atomic mass is 16.8. The van der Waals surface area contributed by atoms with Crippen molar-refractivity contribution in [3.8, 4) is 0 Å². The van der Waals surface area contributed by atoms with Gasteiger partial charge in [0.05, 0.1) is 43.4 Å². The summed E-state index contributed by atoms with van der Waals surface area (Å²) in [7, 11) is 0. The maximum absolute atomic E-state index is 15.0. The van der Waals surface area contributed by atoms with Crippen LogP contribution in [-0.2, 0) is 47.5 Å². The first-order chi connectivity index (χ1) is 34.7. The van der Waals surface area contributed by atoms with Crippen LogP contribution in [0.4, 0.5) is 0 Å². The van der Waals surface area contributed by atoms with Gasteiger partial charge in [-0.3, -0.25) is 4.79 Å².